The molecule has 1 heterocycles. The van der Waals surface area contributed by atoms with E-state index in [1.54, 1.807) is 0 Å². The third-order valence-corrected chi connectivity index (χ3v) is 4.15. The van der Waals surface area contributed by atoms with Crippen LogP contribution in [0.4, 0.5) is 0 Å². The van der Waals surface area contributed by atoms with Gasteiger partial charge in [-0.2, -0.15) is 0 Å². The Morgan fingerprint density at radius 1 is 1.26 bits per heavy atom. The topological polar surface area (TPSA) is 73.6 Å². The first kappa shape index (κ1) is 17.8. The summed E-state index contributed by atoms with van der Waals surface area (Å²) in [6.45, 7) is 7.98. The molecule has 1 atom stereocenters. The molecule has 0 radical (unpaired) electrons. The van der Waals surface area contributed by atoms with E-state index in [0.29, 0.717) is 38.6 Å². The van der Waals surface area contributed by atoms with Gasteiger partial charge in [-0.25, -0.2) is 0 Å². The van der Waals surface area contributed by atoms with Crippen LogP contribution in [0, 0.1) is 5.92 Å². The number of carbonyl (C=O) groups excluding carboxylic acids is 1. The summed E-state index contributed by atoms with van der Waals surface area (Å²) in [4.78, 5) is 12.4. The second-order valence-electron chi connectivity index (χ2n) is 6.74. The van der Waals surface area contributed by atoms with Gasteiger partial charge in [0.15, 0.2) is 0 Å². The molecule has 1 aliphatic heterocycles. The first-order chi connectivity index (χ1) is 10.9. The van der Waals surface area contributed by atoms with E-state index < -0.39 is 5.54 Å². The number of benzene rings is 1. The second-order valence-corrected chi connectivity index (χ2v) is 6.74. The van der Waals surface area contributed by atoms with Gasteiger partial charge in [0.2, 0.25) is 5.91 Å². The average molecular weight is 320 g/mol. The summed E-state index contributed by atoms with van der Waals surface area (Å²) in [5, 5.41) is 3.02. The van der Waals surface area contributed by atoms with Crippen LogP contribution < -0.4 is 15.8 Å². The van der Waals surface area contributed by atoms with Gasteiger partial charge in [-0.3, -0.25) is 4.79 Å². The minimum absolute atomic E-state index is 0.0927. The lowest BCUT2D eigenvalue weighted by Gasteiger charge is -2.33. The molecular formula is C18H28N2O3. The maximum absolute atomic E-state index is 12.4. The molecule has 0 bridgehead atoms. The monoisotopic (exact) mass is 320 g/mol. The number of nitrogens with two attached hydrogens (primary N) is 1. The molecule has 5 nitrogen and oxygen atoms in total. The van der Waals surface area contributed by atoms with Gasteiger partial charge in [-0.15, -0.1) is 0 Å². The van der Waals surface area contributed by atoms with Crippen LogP contribution in [0.15, 0.2) is 24.3 Å². The Kier molecular flexibility index (Phi) is 6.02. The van der Waals surface area contributed by atoms with E-state index in [-0.39, 0.29) is 11.9 Å². The van der Waals surface area contributed by atoms with Crippen LogP contribution in [-0.4, -0.2) is 31.3 Å². The fourth-order valence-electron chi connectivity index (χ4n) is 2.50. The van der Waals surface area contributed by atoms with Gasteiger partial charge < -0.3 is 20.5 Å². The third kappa shape index (κ3) is 4.94. The predicted octanol–water partition coefficient (Wildman–Crippen LogP) is 2.41. The lowest BCUT2D eigenvalue weighted by atomic mass is 9.90. The van der Waals surface area contributed by atoms with Gasteiger partial charge in [0.05, 0.1) is 18.2 Å². The molecule has 0 spiro atoms. The molecule has 1 aliphatic rings. The Balaban J connectivity index is 1.92. The lowest BCUT2D eigenvalue weighted by molar-refractivity contribution is -0.130. The highest BCUT2D eigenvalue weighted by atomic mass is 16.5. The zero-order valence-electron chi connectivity index (χ0n) is 14.3. The predicted molar refractivity (Wildman–Crippen MR) is 90.3 cm³/mol. The molecule has 128 valence electrons. The molecule has 0 aliphatic carbocycles. The molecule has 2 rings (SSSR count). The van der Waals surface area contributed by atoms with E-state index in [1.165, 1.54) is 0 Å². The minimum Gasteiger partial charge on any atom is -0.493 e. The normalized spacial score (nSPS) is 18.5. The Bertz CT molecular complexity index is 508. The van der Waals surface area contributed by atoms with Gasteiger partial charge in [-0.05, 0) is 43.4 Å². The van der Waals surface area contributed by atoms with Crippen molar-refractivity contribution in [2.75, 3.05) is 19.8 Å². The van der Waals surface area contributed by atoms with Crippen molar-refractivity contribution in [1.29, 1.82) is 0 Å². The van der Waals surface area contributed by atoms with Crippen LogP contribution in [-0.2, 0) is 9.53 Å². The van der Waals surface area contributed by atoms with Crippen molar-refractivity contribution < 1.29 is 14.3 Å². The third-order valence-electron chi connectivity index (χ3n) is 4.15. The van der Waals surface area contributed by atoms with Crippen molar-refractivity contribution in [2.45, 2.75) is 45.2 Å². The Morgan fingerprint density at radius 3 is 2.43 bits per heavy atom. The Morgan fingerprint density at radius 2 is 1.87 bits per heavy atom. The quantitative estimate of drug-likeness (QED) is 0.844. The molecule has 3 N–H and O–H groups in total. The van der Waals surface area contributed by atoms with Crippen LogP contribution in [0.25, 0.3) is 0 Å². The maximum atomic E-state index is 12.4. The lowest BCUT2D eigenvalue weighted by Crippen LogP contribution is -2.57. The first-order valence-corrected chi connectivity index (χ1v) is 8.31. The van der Waals surface area contributed by atoms with Gasteiger partial charge >= 0.3 is 0 Å². The summed E-state index contributed by atoms with van der Waals surface area (Å²) in [6, 6.07) is 7.74. The molecule has 1 amide bonds. The fourth-order valence-corrected chi connectivity index (χ4v) is 2.50. The van der Waals surface area contributed by atoms with Crippen LogP contribution in [0.3, 0.4) is 0 Å². The molecule has 1 aromatic rings. The van der Waals surface area contributed by atoms with E-state index in [9.17, 15) is 4.79 Å². The molecule has 1 fully saturated rings. The molecule has 1 aromatic carbocycles. The summed E-state index contributed by atoms with van der Waals surface area (Å²) in [7, 11) is 0. The zero-order chi connectivity index (χ0) is 16.9. The number of amides is 1. The number of carbonyl (C=O) groups is 1. The number of ether oxygens (including phenoxy) is 2. The van der Waals surface area contributed by atoms with Crippen molar-refractivity contribution in [2.24, 2.45) is 11.7 Å². The van der Waals surface area contributed by atoms with Crippen molar-refractivity contribution in [3.05, 3.63) is 29.8 Å². The first-order valence-electron chi connectivity index (χ1n) is 8.31. The molecule has 1 saturated heterocycles. The van der Waals surface area contributed by atoms with Gasteiger partial charge in [0.25, 0.3) is 0 Å². The van der Waals surface area contributed by atoms with Crippen LogP contribution >= 0.6 is 0 Å². The Hall–Kier alpha value is -1.59. The van der Waals surface area contributed by atoms with Crippen LogP contribution in [0.2, 0.25) is 0 Å². The van der Waals surface area contributed by atoms with E-state index in [0.717, 1.165) is 11.3 Å². The average Bonchev–Trinajstić information content (AvgIpc) is 2.54. The highest BCUT2D eigenvalue weighted by Crippen LogP contribution is 2.22. The second kappa shape index (κ2) is 7.79. The molecule has 1 unspecified atom stereocenters. The number of hydrogen-bond donors (Lipinski definition) is 2. The zero-order valence-corrected chi connectivity index (χ0v) is 14.3. The maximum Gasteiger partial charge on any atom is 0.240 e. The minimum atomic E-state index is -0.813. The highest BCUT2D eigenvalue weighted by Gasteiger charge is 2.36. The molecule has 0 aromatic heterocycles. The molecular weight excluding hydrogens is 292 g/mol. The van der Waals surface area contributed by atoms with E-state index >= 15 is 0 Å². The number of hydrogen-bond acceptors (Lipinski definition) is 4. The van der Waals surface area contributed by atoms with Crippen molar-refractivity contribution in [1.82, 2.24) is 5.32 Å². The van der Waals surface area contributed by atoms with Crippen LogP contribution in [0.5, 0.6) is 5.75 Å². The molecule has 23 heavy (non-hydrogen) atoms. The fraction of sp³-hybridized carbons (Fsp3) is 0.611. The largest absolute Gasteiger partial charge is 0.493 e. The van der Waals surface area contributed by atoms with Crippen molar-refractivity contribution >= 4 is 5.91 Å². The van der Waals surface area contributed by atoms with Crippen LogP contribution in [0.1, 0.15) is 45.2 Å². The summed E-state index contributed by atoms with van der Waals surface area (Å²) >= 11 is 0. The number of rotatable bonds is 6. The summed E-state index contributed by atoms with van der Waals surface area (Å²) < 4.78 is 11.0. The standard InChI is InChI=1S/C18H28N2O3/c1-13(2)12-23-16-6-4-15(5-7-16)14(3)20-17(21)18(19)8-10-22-11-9-18/h4-7,13-14H,8-12,19H2,1-3H3,(H,20,21). The summed E-state index contributed by atoms with van der Waals surface area (Å²) in [5.74, 6) is 1.24. The van der Waals surface area contributed by atoms with Crippen molar-refractivity contribution in [3.63, 3.8) is 0 Å². The van der Waals surface area contributed by atoms with Gasteiger partial charge in [0.1, 0.15) is 5.75 Å². The molecule has 5 heteroatoms. The van der Waals surface area contributed by atoms with Gasteiger partial charge in [-0.1, -0.05) is 26.0 Å². The van der Waals surface area contributed by atoms with Gasteiger partial charge in [0, 0.05) is 13.2 Å². The Labute approximate surface area is 138 Å². The van der Waals surface area contributed by atoms with E-state index in [1.807, 2.05) is 31.2 Å². The number of nitrogens with one attached hydrogen (secondary N) is 1. The van der Waals surface area contributed by atoms with E-state index in [2.05, 4.69) is 19.2 Å². The smallest absolute Gasteiger partial charge is 0.240 e. The summed E-state index contributed by atoms with van der Waals surface area (Å²) in [5.41, 5.74) is 6.43. The summed E-state index contributed by atoms with van der Waals surface area (Å²) in [6.07, 6.45) is 1.13. The highest BCUT2D eigenvalue weighted by molar-refractivity contribution is 5.86. The van der Waals surface area contributed by atoms with E-state index in [4.69, 9.17) is 15.2 Å². The SMILES string of the molecule is CC(C)COc1ccc(C(C)NC(=O)C2(N)CCOCC2)cc1. The molecule has 0 saturated carbocycles. The van der Waals surface area contributed by atoms with Crippen molar-refractivity contribution in [3.8, 4) is 5.75 Å².